The van der Waals surface area contributed by atoms with Gasteiger partial charge in [0.1, 0.15) is 12.1 Å². The molecule has 0 saturated heterocycles. The van der Waals surface area contributed by atoms with Crippen LogP contribution in [0.15, 0.2) is 24.8 Å². The van der Waals surface area contributed by atoms with Crippen LogP contribution in [0.4, 0.5) is 0 Å². The Morgan fingerprint density at radius 1 is 1.80 bits per heavy atom. The summed E-state index contributed by atoms with van der Waals surface area (Å²) in [6.07, 6.45) is 8.10. The molecule has 1 aromatic rings. The van der Waals surface area contributed by atoms with Crippen molar-refractivity contribution >= 4 is 5.82 Å². The molecule has 0 aliphatic rings. The zero-order chi connectivity index (χ0) is 7.40. The molecule has 0 aromatic carbocycles. The maximum absolute atomic E-state index is 5.63. The molecule has 0 amide bonds. The molecule has 0 aliphatic heterocycles. The highest BCUT2D eigenvalue weighted by molar-refractivity contribution is 5.39. The highest BCUT2D eigenvalue weighted by atomic mass is 15.1. The van der Waals surface area contributed by atoms with Crippen molar-refractivity contribution in [1.29, 1.82) is 0 Å². The second kappa shape index (κ2) is 3.06. The van der Waals surface area contributed by atoms with Gasteiger partial charge in [0.15, 0.2) is 0 Å². The van der Waals surface area contributed by atoms with E-state index in [1.54, 1.807) is 17.1 Å². The highest BCUT2D eigenvalue weighted by Gasteiger charge is 1.88. The number of rotatable bonds is 2. The third-order valence-corrected chi connectivity index (χ3v) is 1.22. The highest BCUT2D eigenvalue weighted by Crippen LogP contribution is 1.95. The van der Waals surface area contributed by atoms with Crippen molar-refractivity contribution in [2.75, 3.05) is 0 Å². The van der Waals surface area contributed by atoms with Crippen LogP contribution in [-0.2, 0) is 0 Å². The summed E-state index contributed by atoms with van der Waals surface area (Å²) in [5, 5.41) is 0. The molecule has 2 N–H and O–H groups in total. The van der Waals surface area contributed by atoms with Gasteiger partial charge in [-0.05, 0) is 12.5 Å². The smallest absolute Gasteiger partial charge is 0.104 e. The first-order chi connectivity index (χ1) is 4.84. The lowest BCUT2D eigenvalue weighted by Crippen LogP contribution is -2.03. The van der Waals surface area contributed by atoms with E-state index in [4.69, 9.17) is 5.73 Å². The van der Waals surface area contributed by atoms with E-state index in [1.807, 2.05) is 19.2 Å². The number of hydrogen-bond donors (Lipinski definition) is 1. The second-order valence-corrected chi connectivity index (χ2v) is 2.01. The Bertz CT molecular complexity index is 211. The first-order valence-corrected chi connectivity index (χ1v) is 3.28. The predicted octanol–water partition coefficient (Wildman–Crippen LogP) is 1.05. The fraction of sp³-hybridized carbons (Fsp3) is 0.286. The van der Waals surface area contributed by atoms with Gasteiger partial charge < -0.3 is 5.73 Å². The van der Waals surface area contributed by atoms with Crippen molar-refractivity contribution in [3.63, 3.8) is 0 Å². The molecular formula is C7H11N3. The van der Waals surface area contributed by atoms with Crippen molar-refractivity contribution < 1.29 is 0 Å². The average molecular weight is 137 g/mol. The molecule has 3 heteroatoms. The van der Waals surface area contributed by atoms with Crippen molar-refractivity contribution in [3.8, 4) is 0 Å². The molecule has 0 bridgehead atoms. The SMILES string of the molecule is CCC=C(N)n1ccnc1. The zero-order valence-electron chi connectivity index (χ0n) is 5.99. The van der Waals surface area contributed by atoms with Gasteiger partial charge in [-0.2, -0.15) is 0 Å². The maximum Gasteiger partial charge on any atom is 0.104 e. The Kier molecular flexibility index (Phi) is 2.10. The van der Waals surface area contributed by atoms with E-state index in [2.05, 4.69) is 4.98 Å². The summed E-state index contributed by atoms with van der Waals surface area (Å²) in [7, 11) is 0. The van der Waals surface area contributed by atoms with Gasteiger partial charge >= 0.3 is 0 Å². The lowest BCUT2D eigenvalue weighted by molar-refractivity contribution is 1.04. The minimum atomic E-state index is 0.736. The van der Waals surface area contributed by atoms with E-state index in [9.17, 15) is 0 Å². The van der Waals surface area contributed by atoms with Crippen molar-refractivity contribution in [1.82, 2.24) is 9.55 Å². The summed E-state index contributed by atoms with van der Waals surface area (Å²) in [4.78, 5) is 3.87. The number of aromatic nitrogens is 2. The van der Waals surface area contributed by atoms with Gasteiger partial charge in [0, 0.05) is 12.4 Å². The number of nitrogens with zero attached hydrogens (tertiary/aromatic N) is 2. The van der Waals surface area contributed by atoms with E-state index in [-0.39, 0.29) is 0 Å². The van der Waals surface area contributed by atoms with E-state index in [1.165, 1.54) is 0 Å². The molecular weight excluding hydrogens is 126 g/mol. The predicted molar refractivity (Wildman–Crippen MR) is 41.0 cm³/mol. The van der Waals surface area contributed by atoms with Crippen molar-refractivity contribution in [3.05, 3.63) is 24.8 Å². The van der Waals surface area contributed by atoms with Crippen LogP contribution in [-0.4, -0.2) is 9.55 Å². The van der Waals surface area contributed by atoms with Crippen LogP contribution in [0.3, 0.4) is 0 Å². The molecule has 0 unspecified atom stereocenters. The summed E-state index contributed by atoms with van der Waals surface area (Å²) in [6.45, 7) is 2.05. The fourth-order valence-corrected chi connectivity index (χ4v) is 0.726. The van der Waals surface area contributed by atoms with Gasteiger partial charge in [-0.25, -0.2) is 4.98 Å². The Balaban J connectivity index is 2.77. The molecule has 0 saturated carbocycles. The largest absolute Gasteiger partial charge is 0.385 e. The summed E-state index contributed by atoms with van der Waals surface area (Å²) in [5.41, 5.74) is 5.63. The normalized spacial score (nSPS) is 11.9. The molecule has 0 radical (unpaired) electrons. The van der Waals surface area contributed by atoms with Crippen LogP contribution in [0.5, 0.6) is 0 Å². The summed E-state index contributed by atoms with van der Waals surface area (Å²) in [5.74, 6) is 0.736. The molecule has 1 rings (SSSR count). The number of allylic oxidation sites excluding steroid dienone is 1. The fourth-order valence-electron chi connectivity index (χ4n) is 0.726. The van der Waals surface area contributed by atoms with Gasteiger partial charge in [-0.15, -0.1) is 0 Å². The van der Waals surface area contributed by atoms with E-state index in [0.29, 0.717) is 0 Å². The van der Waals surface area contributed by atoms with Crippen molar-refractivity contribution in [2.24, 2.45) is 5.73 Å². The average Bonchev–Trinajstić information content (AvgIpc) is 2.38. The van der Waals surface area contributed by atoms with Crippen LogP contribution in [0, 0.1) is 0 Å². The van der Waals surface area contributed by atoms with Gasteiger partial charge in [-0.3, -0.25) is 4.57 Å². The Morgan fingerprint density at radius 3 is 3.10 bits per heavy atom. The van der Waals surface area contributed by atoms with Gasteiger partial charge in [0.2, 0.25) is 0 Å². The van der Waals surface area contributed by atoms with E-state index in [0.717, 1.165) is 12.2 Å². The lowest BCUT2D eigenvalue weighted by Gasteiger charge is -1.98. The number of nitrogens with two attached hydrogens (primary N) is 1. The second-order valence-electron chi connectivity index (χ2n) is 2.01. The lowest BCUT2D eigenvalue weighted by atomic mass is 10.4. The molecule has 10 heavy (non-hydrogen) atoms. The van der Waals surface area contributed by atoms with Crippen LogP contribution in [0.2, 0.25) is 0 Å². The quantitative estimate of drug-likeness (QED) is 0.662. The Labute approximate surface area is 60.2 Å². The third kappa shape index (κ3) is 1.37. The maximum atomic E-state index is 5.63. The van der Waals surface area contributed by atoms with Crippen LogP contribution in [0.1, 0.15) is 13.3 Å². The van der Waals surface area contributed by atoms with Crippen LogP contribution in [0.25, 0.3) is 5.82 Å². The molecule has 1 heterocycles. The van der Waals surface area contributed by atoms with Gasteiger partial charge in [-0.1, -0.05) is 6.92 Å². The Morgan fingerprint density at radius 2 is 2.60 bits per heavy atom. The standard InChI is InChI=1S/C7H11N3/c1-2-3-7(8)10-5-4-9-6-10/h3-6H,2,8H2,1H3. The summed E-state index contributed by atoms with van der Waals surface area (Å²) < 4.78 is 1.78. The van der Waals surface area contributed by atoms with Gasteiger partial charge in [0.05, 0.1) is 0 Å². The first-order valence-electron chi connectivity index (χ1n) is 3.28. The molecule has 0 spiro atoms. The number of imidazole rings is 1. The van der Waals surface area contributed by atoms with Crippen LogP contribution >= 0.6 is 0 Å². The topological polar surface area (TPSA) is 43.8 Å². The summed E-state index contributed by atoms with van der Waals surface area (Å²) in [6, 6.07) is 0. The molecule has 3 nitrogen and oxygen atoms in total. The molecule has 1 aromatic heterocycles. The van der Waals surface area contributed by atoms with E-state index >= 15 is 0 Å². The van der Waals surface area contributed by atoms with Gasteiger partial charge in [0.25, 0.3) is 0 Å². The van der Waals surface area contributed by atoms with E-state index < -0.39 is 0 Å². The molecule has 0 fully saturated rings. The van der Waals surface area contributed by atoms with Crippen LogP contribution < -0.4 is 5.73 Å². The first kappa shape index (κ1) is 6.86. The molecule has 0 aliphatic carbocycles. The third-order valence-electron chi connectivity index (χ3n) is 1.22. The minimum Gasteiger partial charge on any atom is -0.385 e. The number of hydrogen-bond acceptors (Lipinski definition) is 2. The Hall–Kier alpha value is -1.25. The molecule has 0 atom stereocenters. The van der Waals surface area contributed by atoms with Crippen molar-refractivity contribution in [2.45, 2.75) is 13.3 Å². The summed E-state index contributed by atoms with van der Waals surface area (Å²) >= 11 is 0. The monoisotopic (exact) mass is 137 g/mol. The minimum absolute atomic E-state index is 0.736. The molecule has 54 valence electrons. The zero-order valence-corrected chi connectivity index (χ0v) is 5.99.